The van der Waals surface area contributed by atoms with Gasteiger partial charge in [0.15, 0.2) is 11.6 Å². The topological polar surface area (TPSA) is 68.1 Å². The van der Waals surface area contributed by atoms with Gasteiger partial charge in [-0.05, 0) is 19.1 Å². The molecule has 0 saturated heterocycles. The number of nitrogens with zero attached hydrogens (tertiary/aromatic N) is 2. The number of nitro groups is 1. The molecule has 122 valence electrons. The highest BCUT2D eigenvalue weighted by molar-refractivity contribution is 5.99. The van der Waals surface area contributed by atoms with Crippen molar-refractivity contribution in [1.29, 1.82) is 0 Å². The first-order valence-electron chi connectivity index (χ1n) is 6.82. The molecule has 24 heavy (non-hydrogen) atoms. The van der Waals surface area contributed by atoms with Crippen LogP contribution in [0.15, 0.2) is 36.5 Å². The number of nitro benzene ring substituents is 1. The molecule has 2 aromatic carbocycles. The Balaban J connectivity index is 2.16. The van der Waals surface area contributed by atoms with Crippen molar-refractivity contribution in [2.24, 2.45) is 0 Å². The summed E-state index contributed by atoms with van der Waals surface area (Å²) in [5.74, 6) is -3.44. The minimum Gasteiger partial charge on any atom is -0.337 e. The molecule has 0 aliphatic rings. The van der Waals surface area contributed by atoms with E-state index in [0.29, 0.717) is 28.5 Å². The van der Waals surface area contributed by atoms with Gasteiger partial charge in [-0.25, -0.2) is 18.2 Å². The average molecular weight is 333 g/mol. The number of rotatable bonds is 3. The normalized spacial score (nSPS) is 10.8. The van der Waals surface area contributed by atoms with Gasteiger partial charge in [-0.2, -0.15) is 0 Å². The molecular weight excluding hydrogens is 323 g/mol. The van der Waals surface area contributed by atoms with E-state index in [2.05, 4.69) is 10.3 Å². The summed E-state index contributed by atoms with van der Waals surface area (Å²) in [5.41, 5.74) is 0.0458. The fraction of sp³-hybridized carbons (Fsp3) is 0.0625. The van der Waals surface area contributed by atoms with Gasteiger partial charge in [-0.3, -0.25) is 10.1 Å². The minimum atomic E-state index is -1.31. The number of benzene rings is 2. The van der Waals surface area contributed by atoms with E-state index in [-0.39, 0.29) is 17.2 Å². The molecule has 1 N–H and O–H groups in total. The average Bonchev–Trinajstić information content (AvgIpc) is 2.52. The zero-order chi connectivity index (χ0) is 17.4. The lowest BCUT2D eigenvalue weighted by Crippen LogP contribution is -2.01. The summed E-state index contributed by atoms with van der Waals surface area (Å²) in [7, 11) is 0. The van der Waals surface area contributed by atoms with Crippen LogP contribution in [0.1, 0.15) is 5.56 Å². The smallest absolute Gasteiger partial charge is 0.280 e. The first kappa shape index (κ1) is 15.7. The van der Waals surface area contributed by atoms with Gasteiger partial charge < -0.3 is 5.32 Å². The van der Waals surface area contributed by atoms with Crippen LogP contribution in [-0.2, 0) is 0 Å². The van der Waals surface area contributed by atoms with E-state index in [1.807, 2.05) is 0 Å². The third-order valence-electron chi connectivity index (χ3n) is 3.56. The van der Waals surface area contributed by atoms with E-state index in [9.17, 15) is 23.3 Å². The largest absolute Gasteiger partial charge is 0.337 e. The van der Waals surface area contributed by atoms with Crippen molar-refractivity contribution < 1.29 is 18.1 Å². The van der Waals surface area contributed by atoms with Crippen molar-refractivity contribution in [3.05, 3.63) is 69.7 Å². The van der Waals surface area contributed by atoms with Gasteiger partial charge in [0.05, 0.1) is 16.0 Å². The molecule has 3 rings (SSSR count). The Kier molecular flexibility index (Phi) is 3.80. The van der Waals surface area contributed by atoms with Gasteiger partial charge in [-0.15, -0.1) is 0 Å². The number of nitrogens with one attached hydrogen (secondary N) is 1. The Morgan fingerprint density at radius 2 is 1.75 bits per heavy atom. The second kappa shape index (κ2) is 5.80. The molecule has 0 bridgehead atoms. The molecule has 0 atom stereocenters. The molecule has 0 aliphatic carbocycles. The number of hydrogen-bond acceptors (Lipinski definition) is 4. The lowest BCUT2D eigenvalue weighted by Gasteiger charge is -2.11. The van der Waals surface area contributed by atoms with Crippen molar-refractivity contribution in [3.63, 3.8) is 0 Å². The summed E-state index contributed by atoms with van der Waals surface area (Å²) in [6.45, 7) is 1.60. The van der Waals surface area contributed by atoms with E-state index in [0.717, 1.165) is 0 Å². The number of hydrogen-bond donors (Lipinski definition) is 1. The molecule has 0 aliphatic heterocycles. The molecular formula is C16H10F3N3O2. The maximum atomic E-state index is 13.8. The third kappa shape index (κ3) is 2.62. The predicted octanol–water partition coefficient (Wildman–Crippen LogP) is 4.61. The fourth-order valence-electron chi connectivity index (χ4n) is 2.44. The zero-order valence-electron chi connectivity index (χ0n) is 12.3. The maximum Gasteiger partial charge on any atom is 0.280 e. The van der Waals surface area contributed by atoms with E-state index in [1.54, 1.807) is 13.0 Å². The molecule has 1 heterocycles. The van der Waals surface area contributed by atoms with E-state index >= 15 is 0 Å². The van der Waals surface area contributed by atoms with Crippen LogP contribution < -0.4 is 5.32 Å². The monoisotopic (exact) mass is 333 g/mol. The quantitative estimate of drug-likeness (QED) is 0.432. The molecule has 0 fully saturated rings. The summed E-state index contributed by atoms with van der Waals surface area (Å²) in [6, 6.07) is 5.66. The van der Waals surface area contributed by atoms with E-state index < -0.39 is 22.4 Å². The lowest BCUT2D eigenvalue weighted by atomic mass is 10.1. The van der Waals surface area contributed by atoms with Crippen molar-refractivity contribution in [2.75, 3.05) is 5.32 Å². The number of fused-ring (bicyclic) bond motifs is 1. The summed E-state index contributed by atoms with van der Waals surface area (Å²) in [5, 5.41) is 14.5. The molecule has 0 radical (unpaired) electrons. The van der Waals surface area contributed by atoms with Crippen LogP contribution in [0.5, 0.6) is 0 Å². The van der Waals surface area contributed by atoms with Gasteiger partial charge in [0, 0.05) is 29.3 Å². The van der Waals surface area contributed by atoms with Crippen molar-refractivity contribution >= 4 is 28.0 Å². The molecule has 3 aromatic rings. The number of halogens is 3. The van der Waals surface area contributed by atoms with Gasteiger partial charge in [0.1, 0.15) is 11.6 Å². The van der Waals surface area contributed by atoms with Gasteiger partial charge >= 0.3 is 0 Å². The summed E-state index contributed by atoms with van der Waals surface area (Å²) < 4.78 is 40.1. The van der Waals surface area contributed by atoms with Crippen LogP contribution in [0.4, 0.5) is 30.4 Å². The molecule has 1 aromatic heterocycles. The number of anilines is 2. The van der Waals surface area contributed by atoms with Gasteiger partial charge in [0.2, 0.25) is 0 Å². The van der Waals surface area contributed by atoms with E-state index in [4.69, 9.17) is 0 Å². The number of pyridine rings is 1. The molecule has 5 nitrogen and oxygen atoms in total. The second-order valence-electron chi connectivity index (χ2n) is 5.11. The first-order chi connectivity index (χ1) is 11.4. The number of aromatic nitrogens is 1. The Bertz CT molecular complexity index is 976. The van der Waals surface area contributed by atoms with Crippen LogP contribution in [0, 0.1) is 34.5 Å². The van der Waals surface area contributed by atoms with Crippen molar-refractivity contribution in [2.45, 2.75) is 6.92 Å². The predicted molar refractivity (Wildman–Crippen MR) is 82.7 cm³/mol. The Morgan fingerprint density at radius 3 is 2.46 bits per heavy atom. The molecule has 0 saturated carbocycles. The van der Waals surface area contributed by atoms with Crippen LogP contribution >= 0.6 is 0 Å². The maximum absolute atomic E-state index is 13.8. The van der Waals surface area contributed by atoms with Crippen LogP contribution in [0.2, 0.25) is 0 Å². The Hall–Kier alpha value is -3.16. The number of aryl methyl sites for hydroxylation is 1. The van der Waals surface area contributed by atoms with Crippen LogP contribution in [-0.4, -0.2) is 9.91 Å². The summed E-state index contributed by atoms with van der Waals surface area (Å²) in [4.78, 5) is 14.7. The molecule has 0 spiro atoms. The highest BCUT2D eigenvalue weighted by Crippen LogP contribution is 2.33. The Labute approximate surface area is 133 Å². The van der Waals surface area contributed by atoms with E-state index in [1.165, 1.54) is 18.3 Å². The molecule has 8 heteroatoms. The highest BCUT2D eigenvalue weighted by atomic mass is 19.2. The zero-order valence-corrected chi connectivity index (χ0v) is 12.3. The summed E-state index contributed by atoms with van der Waals surface area (Å²) >= 11 is 0. The first-order valence-corrected chi connectivity index (χ1v) is 6.82. The molecule has 0 amide bonds. The third-order valence-corrected chi connectivity index (χ3v) is 3.56. The SMILES string of the molecule is Cc1ccc2c(Nc3cc(F)c(F)cc3F)nccc2c1[N+](=O)[O-]. The second-order valence-corrected chi connectivity index (χ2v) is 5.11. The van der Waals surface area contributed by atoms with Crippen LogP contribution in [0.3, 0.4) is 0 Å². The standard InChI is InChI=1S/C16H10F3N3O2/c1-8-2-3-10-9(15(8)22(23)24)4-5-20-16(10)21-14-7-12(18)11(17)6-13(14)19/h2-7H,1H3,(H,20,21). The fourth-order valence-corrected chi connectivity index (χ4v) is 2.44. The lowest BCUT2D eigenvalue weighted by molar-refractivity contribution is -0.383. The van der Waals surface area contributed by atoms with Crippen molar-refractivity contribution in [1.82, 2.24) is 4.98 Å². The van der Waals surface area contributed by atoms with Gasteiger partial charge in [0.25, 0.3) is 5.69 Å². The van der Waals surface area contributed by atoms with Crippen molar-refractivity contribution in [3.8, 4) is 0 Å². The Morgan fingerprint density at radius 1 is 1.04 bits per heavy atom. The minimum absolute atomic E-state index is 0.0938. The molecule has 0 unspecified atom stereocenters. The highest BCUT2D eigenvalue weighted by Gasteiger charge is 2.18. The van der Waals surface area contributed by atoms with Gasteiger partial charge in [-0.1, -0.05) is 6.07 Å². The summed E-state index contributed by atoms with van der Waals surface area (Å²) in [6.07, 6.45) is 1.31. The van der Waals surface area contributed by atoms with Crippen LogP contribution in [0.25, 0.3) is 10.8 Å².